The summed E-state index contributed by atoms with van der Waals surface area (Å²) in [5.74, 6) is 0.793. The highest BCUT2D eigenvalue weighted by atomic mass is 35.5. The van der Waals surface area contributed by atoms with Crippen molar-refractivity contribution in [1.29, 1.82) is 0 Å². The van der Waals surface area contributed by atoms with E-state index in [4.69, 9.17) is 27.6 Å². The van der Waals surface area contributed by atoms with Crippen LogP contribution in [-0.4, -0.2) is 33.1 Å². The molecule has 1 amide bonds. The van der Waals surface area contributed by atoms with Crippen LogP contribution in [0.1, 0.15) is 5.76 Å². The van der Waals surface area contributed by atoms with Gasteiger partial charge in [-0.25, -0.2) is 10.5 Å². The molecule has 0 aliphatic carbocycles. The van der Waals surface area contributed by atoms with Crippen molar-refractivity contribution in [2.24, 2.45) is 5.10 Å². The third-order valence-electron chi connectivity index (χ3n) is 2.91. The number of amides is 1. The Kier molecular flexibility index (Phi) is 6.16. The minimum Gasteiger partial charge on any atom is -0.463 e. The molecule has 0 bridgehead atoms. The van der Waals surface area contributed by atoms with Gasteiger partial charge in [-0.05, 0) is 30.3 Å². The minimum absolute atomic E-state index is 0.107. The molecule has 0 unspecified atom stereocenters. The number of nitrogens with one attached hydrogen (secondary N) is 3. The predicted octanol–water partition coefficient (Wildman–Crippen LogP) is 3.88. The van der Waals surface area contributed by atoms with E-state index >= 15 is 0 Å². The van der Waals surface area contributed by atoms with Gasteiger partial charge in [0, 0.05) is 5.02 Å². The monoisotopic (exact) mass is 410 g/mol. The molecular formula is C15H12Cl2N6O2S. The summed E-state index contributed by atoms with van der Waals surface area (Å²) in [5, 5.41) is 14.6. The largest absolute Gasteiger partial charge is 0.463 e. The van der Waals surface area contributed by atoms with E-state index in [-0.39, 0.29) is 11.7 Å². The SMILES string of the molecule is O=C(CSc1n[nH]c(N/N=C\c2ccco2)n1)Nc1cc(Cl)ccc1Cl. The molecule has 134 valence electrons. The molecule has 26 heavy (non-hydrogen) atoms. The molecule has 8 nitrogen and oxygen atoms in total. The van der Waals surface area contributed by atoms with E-state index in [2.05, 4.69) is 31.0 Å². The number of benzene rings is 1. The number of aromatic amines is 1. The molecule has 3 N–H and O–H groups in total. The molecule has 11 heteroatoms. The molecule has 3 rings (SSSR count). The number of carbonyl (C=O) groups excluding carboxylic acids is 1. The summed E-state index contributed by atoms with van der Waals surface area (Å²) in [5.41, 5.74) is 3.13. The van der Waals surface area contributed by atoms with Gasteiger partial charge in [-0.15, -0.1) is 5.10 Å². The molecule has 0 saturated carbocycles. The van der Waals surface area contributed by atoms with Crippen LogP contribution in [0.2, 0.25) is 10.0 Å². The van der Waals surface area contributed by atoms with Crippen LogP contribution in [0.15, 0.2) is 51.3 Å². The van der Waals surface area contributed by atoms with Crippen LogP contribution in [0.25, 0.3) is 0 Å². The molecule has 0 aliphatic rings. The van der Waals surface area contributed by atoms with Gasteiger partial charge in [0.2, 0.25) is 17.0 Å². The Balaban J connectivity index is 1.48. The number of thioether (sulfide) groups is 1. The van der Waals surface area contributed by atoms with Gasteiger partial charge >= 0.3 is 0 Å². The summed E-state index contributed by atoms with van der Waals surface area (Å²) in [6.45, 7) is 0. The number of hydrogen-bond donors (Lipinski definition) is 3. The average molecular weight is 411 g/mol. The summed E-state index contributed by atoms with van der Waals surface area (Å²) in [6.07, 6.45) is 3.05. The van der Waals surface area contributed by atoms with Crippen molar-refractivity contribution < 1.29 is 9.21 Å². The molecule has 0 aliphatic heterocycles. The van der Waals surface area contributed by atoms with Gasteiger partial charge < -0.3 is 9.73 Å². The van der Waals surface area contributed by atoms with Crippen LogP contribution in [0, 0.1) is 0 Å². The van der Waals surface area contributed by atoms with Crippen LogP contribution in [0.4, 0.5) is 11.6 Å². The van der Waals surface area contributed by atoms with Gasteiger partial charge in [-0.3, -0.25) is 4.79 Å². The topological polar surface area (TPSA) is 108 Å². The maximum absolute atomic E-state index is 12.0. The van der Waals surface area contributed by atoms with Crippen molar-refractivity contribution in [3.05, 3.63) is 52.4 Å². The van der Waals surface area contributed by atoms with E-state index in [1.807, 2.05) is 0 Å². The third-order valence-corrected chi connectivity index (χ3v) is 4.32. The second kappa shape index (κ2) is 8.75. The molecule has 3 aromatic rings. The normalized spacial score (nSPS) is 11.0. The first-order chi connectivity index (χ1) is 12.6. The van der Waals surface area contributed by atoms with Gasteiger partial charge in [0.05, 0.1) is 28.9 Å². The number of H-pyrrole nitrogens is 1. The number of rotatable bonds is 7. The molecule has 1 aromatic carbocycles. The Morgan fingerprint density at radius 3 is 3.08 bits per heavy atom. The summed E-state index contributed by atoms with van der Waals surface area (Å²) < 4.78 is 5.10. The van der Waals surface area contributed by atoms with Crippen molar-refractivity contribution in [3.8, 4) is 0 Å². The number of hydrazone groups is 1. The van der Waals surface area contributed by atoms with Crippen molar-refractivity contribution >= 4 is 58.7 Å². The highest BCUT2D eigenvalue weighted by Gasteiger charge is 2.10. The Morgan fingerprint density at radius 2 is 2.27 bits per heavy atom. The first-order valence-corrected chi connectivity index (χ1v) is 8.97. The fourth-order valence-corrected chi connectivity index (χ4v) is 2.73. The van der Waals surface area contributed by atoms with Gasteiger partial charge in [-0.1, -0.05) is 35.0 Å². The Morgan fingerprint density at radius 1 is 1.38 bits per heavy atom. The lowest BCUT2D eigenvalue weighted by Gasteiger charge is -2.06. The zero-order valence-electron chi connectivity index (χ0n) is 13.1. The minimum atomic E-state index is -0.255. The zero-order valence-corrected chi connectivity index (χ0v) is 15.4. The van der Waals surface area contributed by atoms with Crippen molar-refractivity contribution in [1.82, 2.24) is 15.2 Å². The van der Waals surface area contributed by atoms with Gasteiger partial charge in [0.1, 0.15) is 5.76 Å². The van der Waals surface area contributed by atoms with Crippen molar-refractivity contribution in [2.75, 3.05) is 16.5 Å². The quantitative estimate of drug-likeness (QED) is 0.309. The Bertz CT molecular complexity index is 913. The highest BCUT2D eigenvalue weighted by Crippen LogP contribution is 2.25. The van der Waals surface area contributed by atoms with Gasteiger partial charge in [0.25, 0.3) is 0 Å². The van der Waals surface area contributed by atoms with Crippen LogP contribution < -0.4 is 10.7 Å². The van der Waals surface area contributed by atoms with Gasteiger partial charge in [-0.2, -0.15) is 10.1 Å². The number of anilines is 2. The number of nitrogens with zero attached hydrogens (tertiary/aromatic N) is 3. The lowest BCUT2D eigenvalue weighted by Crippen LogP contribution is -2.14. The summed E-state index contributed by atoms with van der Waals surface area (Å²) in [6, 6.07) is 8.36. The molecular weight excluding hydrogens is 399 g/mol. The second-order valence-corrected chi connectivity index (χ2v) is 6.60. The van der Waals surface area contributed by atoms with Crippen molar-refractivity contribution in [3.63, 3.8) is 0 Å². The third kappa shape index (κ3) is 5.25. The van der Waals surface area contributed by atoms with Crippen LogP contribution in [-0.2, 0) is 4.79 Å². The zero-order chi connectivity index (χ0) is 18.4. The number of hydrogen-bond acceptors (Lipinski definition) is 7. The molecule has 0 fully saturated rings. The summed E-state index contributed by atoms with van der Waals surface area (Å²) in [7, 11) is 0. The molecule has 0 radical (unpaired) electrons. The van der Waals surface area contributed by atoms with Crippen LogP contribution in [0.3, 0.4) is 0 Å². The fourth-order valence-electron chi connectivity index (χ4n) is 1.79. The Labute approximate surface area is 162 Å². The molecule has 2 aromatic heterocycles. The molecule has 0 spiro atoms. The van der Waals surface area contributed by atoms with E-state index in [0.29, 0.717) is 32.6 Å². The standard InChI is InChI=1S/C15H12Cl2N6O2S/c16-9-3-4-11(17)12(6-9)19-13(24)8-26-15-20-14(22-23-15)21-18-7-10-2-1-5-25-10/h1-7H,8H2,(H,19,24)(H2,20,21,22,23)/b18-7-. The second-order valence-electron chi connectivity index (χ2n) is 4.81. The smallest absolute Gasteiger partial charge is 0.240 e. The number of aromatic nitrogens is 3. The van der Waals surface area contributed by atoms with Crippen LogP contribution >= 0.6 is 35.0 Å². The van der Waals surface area contributed by atoms with Crippen molar-refractivity contribution in [2.45, 2.75) is 5.16 Å². The van der Waals surface area contributed by atoms with E-state index in [1.54, 1.807) is 36.6 Å². The average Bonchev–Trinajstić information content (AvgIpc) is 3.28. The van der Waals surface area contributed by atoms with E-state index < -0.39 is 0 Å². The van der Waals surface area contributed by atoms with Gasteiger partial charge in [0.15, 0.2) is 0 Å². The lowest BCUT2D eigenvalue weighted by molar-refractivity contribution is -0.113. The first-order valence-electron chi connectivity index (χ1n) is 7.23. The summed E-state index contributed by atoms with van der Waals surface area (Å²) >= 11 is 13.1. The maximum Gasteiger partial charge on any atom is 0.240 e. The molecule has 2 heterocycles. The van der Waals surface area contributed by atoms with E-state index in [9.17, 15) is 4.79 Å². The van der Waals surface area contributed by atoms with E-state index in [1.165, 1.54) is 6.21 Å². The predicted molar refractivity (Wildman–Crippen MR) is 102 cm³/mol. The number of carbonyl (C=O) groups is 1. The highest BCUT2D eigenvalue weighted by molar-refractivity contribution is 7.99. The fraction of sp³-hybridized carbons (Fsp3) is 0.0667. The summed E-state index contributed by atoms with van der Waals surface area (Å²) in [4.78, 5) is 16.2. The maximum atomic E-state index is 12.0. The Hall–Kier alpha value is -2.49. The number of furan rings is 1. The van der Waals surface area contributed by atoms with E-state index in [0.717, 1.165) is 11.8 Å². The molecule has 0 saturated heterocycles. The molecule has 0 atom stereocenters. The lowest BCUT2D eigenvalue weighted by atomic mass is 10.3. The van der Waals surface area contributed by atoms with Crippen LogP contribution in [0.5, 0.6) is 0 Å². The number of halogens is 2. The first kappa shape index (κ1) is 18.3.